The Morgan fingerprint density at radius 1 is 1.41 bits per heavy atom. The molecule has 0 aliphatic heterocycles. The normalized spacial score (nSPS) is 10.5. The van der Waals surface area contributed by atoms with E-state index in [0.717, 1.165) is 22.0 Å². The van der Waals surface area contributed by atoms with Gasteiger partial charge in [-0.3, -0.25) is 0 Å². The highest BCUT2D eigenvalue weighted by Gasteiger charge is 2.11. The number of rotatable bonds is 4. The topological polar surface area (TPSA) is 61.0 Å². The number of nitrogens with zero attached hydrogens (tertiary/aromatic N) is 2. The summed E-state index contributed by atoms with van der Waals surface area (Å²) in [4.78, 5) is 0. The molecule has 1 aromatic carbocycles. The van der Waals surface area contributed by atoms with E-state index in [4.69, 9.17) is 22.1 Å². The van der Waals surface area contributed by atoms with Crippen LogP contribution in [0.1, 0.15) is 5.01 Å². The molecule has 90 valence electrons. The third-order valence-electron chi connectivity index (χ3n) is 2.22. The van der Waals surface area contributed by atoms with Crippen molar-refractivity contribution >= 4 is 22.9 Å². The molecule has 1 aromatic heterocycles. The average molecular weight is 270 g/mol. The second kappa shape index (κ2) is 5.44. The summed E-state index contributed by atoms with van der Waals surface area (Å²) in [5.41, 5.74) is 6.38. The van der Waals surface area contributed by atoms with Crippen LogP contribution in [0.15, 0.2) is 18.2 Å². The van der Waals surface area contributed by atoms with Crippen molar-refractivity contribution in [2.75, 3.05) is 13.7 Å². The zero-order chi connectivity index (χ0) is 12.3. The summed E-state index contributed by atoms with van der Waals surface area (Å²) in [5.74, 6) is 0.702. The minimum absolute atomic E-state index is 0.576. The number of aromatic nitrogens is 2. The summed E-state index contributed by atoms with van der Waals surface area (Å²) in [6.45, 7) is 0.576. The Morgan fingerprint density at radius 2 is 2.24 bits per heavy atom. The molecule has 0 saturated carbocycles. The Morgan fingerprint density at radius 3 is 2.94 bits per heavy atom. The molecule has 0 spiro atoms. The number of ether oxygens (including phenoxy) is 1. The summed E-state index contributed by atoms with van der Waals surface area (Å²) in [6, 6.07) is 5.46. The number of hydrogen-bond acceptors (Lipinski definition) is 5. The summed E-state index contributed by atoms with van der Waals surface area (Å²) in [6.07, 6.45) is 0.744. The van der Waals surface area contributed by atoms with Gasteiger partial charge in [0.2, 0.25) is 0 Å². The lowest BCUT2D eigenvalue weighted by atomic mass is 10.2. The van der Waals surface area contributed by atoms with Crippen LogP contribution in [0.4, 0.5) is 0 Å². The molecule has 17 heavy (non-hydrogen) atoms. The molecule has 2 aromatic rings. The molecule has 2 rings (SSSR count). The van der Waals surface area contributed by atoms with Crippen LogP contribution < -0.4 is 10.5 Å². The molecule has 0 radical (unpaired) electrons. The van der Waals surface area contributed by atoms with E-state index in [-0.39, 0.29) is 0 Å². The van der Waals surface area contributed by atoms with Gasteiger partial charge in [-0.15, -0.1) is 10.2 Å². The average Bonchev–Trinajstić information content (AvgIpc) is 2.78. The van der Waals surface area contributed by atoms with Crippen molar-refractivity contribution in [2.24, 2.45) is 5.73 Å². The van der Waals surface area contributed by atoms with Crippen molar-refractivity contribution in [1.82, 2.24) is 10.2 Å². The molecular formula is C11H12ClN3OS. The van der Waals surface area contributed by atoms with Gasteiger partial charge in [0.1, 0.15) is 10.8 Å². The smallest absolute Gasteiger partial charge is 0.151 e. The van der Waals surface area contributed by atoms with Crippen LogP contribution in [0.3, 0.4) is 0 Å². The maximum absolute atomic E-state index is 5.91. The van der Waals surface area contributed by atoms with E-state index in [9.17, 15) is 0 Å². The molecule has 0 unspecified atom stereocenters. The van der Waals surface area contributed by atoms with E-state index in [1.165, 1.54) is 11.3 Å². The molecule has 0 bridgehead atoms. The van der Waals surface area contributed by atoms with Gasteiger partial charge >= 0.3 is 0 Å². The molecule has 0 saturated heterocycles. The first-order valence-corrected chi connectivity index (χ1v) is 6.30. The molecule has 0 atom stereocenters. The molecule has 0 fully saturated rings. The number of nitrogens with two attached hydrogens (primary N) is 1. The SMILES string of the molecule is COc1cc(Cl)ccc1-c1nnc(CCN)s1. The second-order valence-electron chi connectivity index (χ2n) is 3.38. The molecule has 4 nitrogen and oxygen atoms in total. The van der Waals surface area contributed by atoms with Crippen LogP contribution in [0.2, 0.25) is 5.02 Å². The molecule has 0 aliphatic carbocycles. The van der Waals surface area contributed by atoms with E-state index in [2.05, 4.69) is 10.2 Å². The third-order valence-corrected chi connectivity index (χ3v) is 3.47. The van der Waals surface area contributed by atoms with Crippen LogP contribution in [0.25, 0.3) is 10.6 Å². The molecule has 1 heterocycles. The van der Waals surface area contributed by atoms with Gasteiger partial charge in [-0.25, -0.2) is 0 Å². The minimum Gasteiger partial charge on any atom is -0.496 e. The van der Waals surface area contributed by atoms with Gasteiger partial charge in [0.05, 0.1) is 12.7 Å². The van der Waals surface area contributed by atoms with E-state index < -0.39 is 0 Å². The Balaban J connectivity index is 2.37. The van der Waals surface area contributed by atoms with Gasteiger partial charge in [0, 0.05) is 11.4 Å². The van der Waals surface area contributed by atoms with Crippen molar-refractivity contribution in [3.63, 3.8) is 0 Å². The van der Waals surface area contributed by atoms with E-state index >= 15 is 0 Å². The lowest BCUT2D eigenvalue weighted by Gasteiger charge is -2.05. The predicted molar refractivity (Wildman–Crippen MR) is 69.7 cm³/mol. The van der Waals surface area contributed by atoms with Crippen LogP contribution in [-0.2, 0) is 6.42 Å². The number of hydrogen-bond donors (Lipinski definition) is 1. The fraction of sp³-hybridized carbons (Fsp3) is 0.273. The van der Waals surface area contributed by atoms with Gasteiger partial charge in [0.25, 0.3) is 0 Å². The van der Waals surface area contributed by atoms with Gasteiger partial charge < -0.3 is 10.5 Å². The van der Waals surface area contributed by atoms with Crippen molar-refractivity contribution in [2.45, 2.75) is 6.42 Å². The number of benzene rings is 1. The van der Waals surface area contributed by atoms with Crippen LogP contribution in [0, 0.1) is 0 Å². The van der Waals surface area contributed by atoms with E-state index in [1.54, 1.807) is 13.2 Å². The largest absolute Gasteiger partial charge is 0.496 e. The van der Waals surface area contributed by atoms with Crippen molar-refractivity contribution < 1.29 is 4.74 Å². The first-order valence-electron chi connectivity index (χ1n) is 5.11. The molecular weight excluding hydrogens is 258 g/mol. The highest BCUT2D eigenvalue weighted by molar-refractivity contribution is 7.14. The van der Waals surface area contributed by atoms with Gasteiger partial charge in [-0.2, -0.15) is 0 Å². The predicted octanol–water partition coefficient (Wildman–Crippen LogP) is 2.37. The highest BCUT2D eigenvalue weighted by Crippen LogP contribution is 2.33. The standard InChI is InChI=1S/C11H12ClN3OS/c1-16-9-6-7(12)2-3-8(9)11-15-14-10(17-11)4-5-13/h2-3,6H,4-5,13H2,1H3. The van der Waals surface area contributed by atoms with Crippen LogP contribution >= 0.6 is 22.9 Å². The summed E-state index contributed by atoms with van der Waals surface area (Å²) in [5, 5.41) is 10.6. The zero-order valence-electron chi connectivity index (χ0n) is 9.31. The molecule has 6 heteroatoms. The van der Waals surface area contributed by atoms with Gasteiger partial charge in [-0.1, -0.05) is 22.9 Å². The lowest BCUT2D eigenvalue weighted by molar-refractivity contribution is 0.416. The first-order chi connectivity index (χ1) is 8.24. The Labute approximate surface area is 108 Å². The lowest BCUT2D eigenvalue weighted by Crippen LogP contribution is -2.01. The van der Waals surface area contributed by atoms with Gasteiger partial charge in [-0.05, 0) is 24.7 Å². The van der Waals surface area contributed by atoms with Gasteiger partial charge in [0.15, 0.2) is 5.01 Å². The molecule has 0 amide bonds. The fourth-order valence-corrected chi connectivity index (χ4v) is 2.48. The number of halogens is 1. The van der Waals surface area contributed by atoms with Crippen LogP contribution in [0.5, 0.6) is 5.75 Å². The summed E-state index contributed by atoms with van der Waals surface area (Å²) >= 11 is 7.43. The monoisotopic (exact) mass is 269 g/mol. The zero-order valence-corrected chi connectivity index (χ0v) is 10.9. The number of methoxy groups -OCH3 is 1. The van der Waals surface area contributed by atoms with E-state index in [1.807, 2.05) is 12.1 Å². The van der Waals surface area contributed by atoms with E-state index in [0.29, 0.717) is 17.3 Å². The van der Waals surface area contributed by atoms with Crippen molar-refractivity contribution in [1.29, 1.82) is 0 Å². The first kappa shape index (κ1) is 12.3. The van der Waals surface area contributed by atoms with Crippen molar-refractivity contribution in [3.8, 4) is 16.3 Å². The quantitative estimate of drug-likeness (QED) is 0.926. The third kappa shape index (κ3) is 2.74. The summed E-state index contributed by atoms with van der Waals surface area (Å²) < 4.78 is 5.28. The minimum atomic E-state index is 0.576. The maximum Gasteiger partial charge on any atom is 0.151 e. The fourth-order valence-electron chi connectivity index (χ4n) is 1.43. The maximum atomic E-state index is 5.91. The second-order valence-corrected chi connectivity index (χ2v) is 4.88. The van der Waals surface area contributed by atoms with Crippen molar-refractivity contribution in [3.05, 3.63) is 28.2 Å². The Hall–Kier alpha value is -1.17. The molecule has 2 N–H and O–H groups in total. The summed E-state index contributed by atoms with van der Waals surface area (Å²) in [7, 11) is 1.61. The Bertz CT molecular complexity index is 515. The molecule has 0 aliphatic rings. The van der Waals surface area contributed by atoms with Crippen LogP contribution in [-0.4, -0.2) is 23.9 Å². The Kier molecular flexibility index (Phi) is 3.93. The highest BCUT2D eigenvalue weighted by atomic mass is 35.5.